The molecule has 0 fully saturated rings. The molecule has 2 heterocycles. The number of nitrogens with zero attached hydrogens (tertiary/aromatic N) is 3. The van der Waals surface area contributed by atoms with Crippen LogP contribution in [-0.2, 0) is 0 Å². The highest BCUT2D eigenvalue weighted by Crippen LogP contribution is 2.09. The van der Waals surface area contributed by atoms with E-state index in [2.05, 4.69) is 45.2 Å². The third-order valence-corrected chi connectivity index (χ3v) is 1.94. The van der Waals surface area contributed by atoms with Gasteiger partial charge in [0.05, 0.1) is 6.20 Å². The van der Waals surface area contributed by atoms with Gasteiger partial charge in [0, 0.05) is 6.54 Å². The third kappa shape index (κ3) is 2.31. The fraction of sp³-hybridized carbons (Fsp3) is 0.300. The Morgan fingerprint density at radius 1 is 1.53 bits per heavy atom. The predicted octanol–water partition coefficient (Wildman–Crippen LogP) is 1.73. The first-order chi connectivity index (χ1) is 7.25. The first-order valence-corrected chi connectivity index (χ1v) is 4.78. The van der Waals surface area contributed by atoms with Gasteiger partial charge in [-0.05, 0) is 13.8 Å². The van der Waals surface area contributed by atoms with Gasteiger partial charge in [0.25, 0.3) is 0 Å². The van der Waals surface area contributed by atoms with Gasteiger partial charge in [0.2, 0.25) is 5.95 Å². The molecule has 5 heteroatoms. The van der Waals surface area contributed by atoms with Crippen molar-refractivity contribution in [3.8, 4) is 0 Å². The number of nitrogens with one attached hydrogen (secondary N) is 2. The van der Waals surface area contributed by atoms with Gasteiger partial charge in [-0.25, -0.2) is 9.97 Å². The van der Waals surface area contributed by atoms with Crippen LogP contribution in [0.4, 0.5) is 5.95 Å². The number of hydrogen-bond donors (Lipinski definition) is 2. The van der Waals surface area contributed by atoms with Crippen molar-refractivity contribution < 1.29 is 0 Å². The average molecular weight is 203 g/mol. The lowest BCUT2D eigenvalue weighted by molar-refractivity contribution is 1.18. The van der Waals surface area contributed by atoms with Crippen molar-refractivity contribution >= 4 is 17.1 Å². The van der Waals surface area contributed by atoms with E-state index >= 15 is 0 Å². The molecule has 0 aliphatic carbocycles. The van der Waals surface area contributed by atoms with Crippen molar-refractivity contribution in [2.75, 3.05) is 11.9 Å². The van der Waals surface area contributed by atoms with Gasteiger partial charge in [-0.1, -0.05) is 11.6 Å². The van der Waals surface area contributed by atoms with E-state index in [1.807, 2.05) is 0 Å². The van der Waals surface area contributed by atoms with E-state index in [0.717, 1.165) is 18.0 Å². The van der Waals surface area contributed by atoms with Crippen molar-refractivity contribution in [2.45, 2.75) is 13.8 Å². The van der Waals surface area contributed by atoms with Crippen LogP contribution < -0.4 is 5.32 Å². The Hall–Kier alpha value is -1.91. The Kier molecular flexibility index (Phi) is 2.62. The molecule has 5 nitrogen and oxygen atoms in total. The van der Waals surface area contributed by atoms with E-state index in [-0.39, 0.29) is 0 Å². The van der Waals surface area contributed by atoms with E-state index < -0.39 is 0 Å². The maximum atomic E-state index is 4.26. The number of fused-ring (bicyclic) bond motifs is 1. The molecule has 0 atom stereocenters. The van der Waals surface area contributed by atoms with Crippen LogP contribution in [0.15, 0.2) is 24.2 Å². The molecule has 0 unspecified atom stereocenters. The lowest BCUT2D eigenvalue weighted by atomic mass is 10.3. The van der Waals surface area contributed by atoms with E-state index in [9.17, 15) is 0 Å². The summed E-state index contributed by atoms with van der Waals surface area (Å²) in [7, 11) is 0. The largest absolute Gasteiger partial charge is 0.352 e. The van der Waals surface area contributed by atoms with Crippen LogP contribution in [0.5, 0.6) is 0 Å². The zero-order valence-electron chi connectivity index (χ0n) is 8.78. The molecule has 0 saturated carbocycles. The highest BCUT2D eigenvalue weighted by Gasteiger charge is 2.00. The van der Waals surface area contributed by atoms with Gasteiger partial charge in [0.1, 0.15) is 11.8 Å². The summed E-state index contributed by atoms with van der Waals surface area (Å²) in [5.74, 6) is 0.725. The van der Waals surface area contributed by atoms with Crippen LogP contribution in [0, 0.1) is 0 Å². The molecule has 0 spiro atoms. The molecule has 0 saturated heterocycles. The fourth-order valence-electron chi connectivity index (χ4n) is 1.20. The van der Waals surface area contributed by atoms with Gasteiger partial charge in [-0.3, -0.25) is 0 Å². The number of H-pyrrole nitrogens is 1. The molecular formula is C10H13N5. The van der Waals surface area contributed by atoms with Crippen LogP contribution in [-0.4, -0.2) is 26.5 Å². The number of aromatic nitrogens is 4. The van der Waals surface area contributed by atoms with Crippen molar-refractivity contribution in [2.24, 2.45) is 0 Å². The molecule has 0 aliphatic rings. The normalized spacial score (nSPS) is 10.3. The number of allylic oxidation sites excluding steroid dienone is 1. The molecule has 0 aliphatic heterocycles. The number of rotatable bonds is 3. The lowest BCUT2D eigenvalue weighted by Crippen LogP contribution is -2.00. The summed E-state index contributed by atoms with van der Waals surface area (Å²) in [6.45, 7) is 4.88. The quantitative estimate of drug-likeness (QED) is 0.745. The number of imidazole rings is 1. The third-order valence-electron chi connectivity index (χ3n) is 1.94. The molecule has 15 heavy (non-hydrogen) atoms. The molecule has 0 aromatic carbocycles. The zero-order valence-corrected chi connectivity index (χ0v) is 8.78. The summed E-state index contributed by atoms with van der Waals surface area (Å²) in [6, 6.07) is 0. The smallest absolute Gasteiger partial charge is 0.203 e. The Bertz CT molecular complexity index is 448. The van der Waals surface area contributed by atoms with Crippen LogP contribution in [0.1, 0.15) is 13.8 Å². The van der Waals surface area contributed by atoms with Gasteiger partial charge in [-0.15, -0.1) is 0 Å². The molecule has 0 radical (unpaired) electrons. The maximum Gasteiger partial charge on any atom is 0.203 e. The SMILES string of the molecule is CC(C)=CCNc1nc2ncncc2[nH]1. The second-order valence-corrected chi connectivity index (χ2v) is 3.51. The standard InChI is InChI=1S/C10H13N5/c1-7(2)3-4-12-10-14-8-5-11-6-13-9(8)15-10/h3,5-6H,4H2,1-2H3,(H2,11,12,13,14,15). The first-order valence-electron chi connectivity index (χ1n) is 4.78. The summed E-state index contributed by atoms with van der Waals surface area (Å²) in [4.78, 5) is 15.3. The number of hydrogen-bond acceptors (Lipinski definition) is 4. The van der Waals surface area contributed by atoms with E-state index in [4.69, 9.17) is 0 Å². The summed E-state index contributed by atoms with van der Waals surface area (Å²) < 4.78 is 0. The van der Waals surface area contributed by atoms with Crippen molar-refractivity contribution in [1.82, 2.24) is 19.9 Å². The predicted molar refractivity (Wildman–Crippen MR) is 59.6 cm³/mol. The van der Waals surface area contributed by atoms with Crippen LogP contribution >= 0.6 is 0 Å². The molecule has 0 bridgehead atoms. The summed E-state index contributed by atoms with van der Waals surface area (Å²) in [5, 5.41) is 3.15. The Morgan fingerprint density at radius 2 is 2.40 bits per heavy atom. The second kappa shape index (κ2) is 4.08. The Morgan fingerprint density at radius 3 is 3.13 bits per heavy atom. The van der Waals surface area contributed by atoms with Gasteiger partial charge in [0.15, 0.2) is 5.65 Å². The number of anilines is 1. The minimum atomic E-state index is 0.685. The van der Waals surface area contributed by atoms with Gasteiger partial charge >= 0.3 is 0 Å². The Balaban J connectivity index is 2.12. The zero-order chi connectivity index (χ0) is 10.7. The monoisotopic (exact) mass is 203 g/mol. The van der Waals surface area contributed by atoms with E-state index in [1.165, 1.54) is 11.9 Å². The summed E-state index contributed by atoms with van der Waals surface area (Å²) in [5.41, 5.74) is 2.81. The topological polar surface area (TPSA) is 66.5 Å². The van der Waals surface area contributed by atoms with E-state index in [0.29, 0.717) is 5.65 Å². The highest BCUT2D eigenvalue weighted by atomic mass is 15.1. The minimum absolute atomic E-state index is 0.685. The first kappa shape index (κ1) is 9.64. The minimum Gasteiger partial charge on any atom is -0.352 e. The molecule has 78 valence electrons. The highest BCUT2D eigenvalue weighted by molar-refractivity contribution is 5.71. The van der Waals surface area contributed by atoms with Crippen molar-refractivity contribution in [3.05, 3.63) is 24.2 Å². The lowest BCUT2D eigenvalue weighted by Gasteiger charge is -1.96. The fourth-order valence-corrected chi connectivity index (χ4v) is 1.20. The van der Waals surface area contributed by atoms with Crippen molar-refractivity contribution in [1.29, 1.82) is 0 Å². The average Bonchev–Trinajstić information content (AvgIpc) is 2.59. The maximum absolute atomic E-state index is 4.26. The van der Waals surface area contributed by atoms with E-state index in [1.54, 1.807) is 6.20 Å². The van der Waals surface area contributed by atoms with Crippen molar-refractivity contribution in [3.63, 3.8) is 0 Å². The number of aromatic amines is 1. The van der Waals surface area contributed by atoms with Crippen LogP contribution in [0.2, 0.25) is 0 Å². The molecule has 0 amide bonds. The van der Waals surface area contributed by atoms with Gasteiger partial charge < -0.3 is 10.3 Å². The second-order valence-electron chi connectivity index (χ2n) is 3.51. The molecule has 2 rings (SSSR count). The molecular weight excluding hydrogens is 190 g/mol. The van der Waals surface area contributed by atoms with Crippen LogP contribution in [0.25, 0.3) is 11.2 Å². The summed E-state index contributed by atoms with van der Waals surface area (Å²) in [6.07, 6.45) is 5.29. The van der Waals surface area contributed by atoms with Crippen LogP contribution in [0.3, 0.4) is 0 Å². The summed E-state index contributed by atoms with van der Waals surface area (Å²) >= 11 is 0. The molecule has 2 aromatic heterocycles. The molecule has 2 N–H and O–H groups in total. The molecule has 2 aromatic rings. The Labute approximate surface area is 87.7 Å². The van der Waals surface area contributed by atoms with Gasteiger partial charge in [-0.2, -0.15) is 4.98 Å².